The van der Waals surface area contributed by atoms with Crippen molar-refractivity contribution in [2.75, 3.05) is 18.0 Å². The van der Waals surface area contributed by atoms with E-state index in [9.17, 15) is 0 Å². The molecule has 0 unspecified atom stereocenters. The van der Waals surface area contributed by atoms with Crippen molar-refractivity contribution in [3.05, 3.63) is 40.7 Å². The third-order valence-electron chi connectivity index (χ3n) is 5.68. The predicted octanol–water partition coefficient (Wildman–Crippen LogP) is 4.61. The highest BCUT2D eigenvalue weighted by Crippen LogP contribution is 2.38. The molecule has 2 aromatic rings. The molecule has 2 heterocycles. The van der Waals surface area contributed by atoms with E-state index in [0.717, 1.165) is 37.0 Å². The van der Waals surface area contributed by atoms with E-state index in [0.29, 0.717) is 12.1 Å². The summed E-state index contributed by atoms with van der Waals surface area (Å²) in [5.74, 6) is 1.10. The fourth-order valence-corrected chi connectivity index (χ4v) is 4.18. The lowest BCUT2D eigenvalue weighted by molar-refractivity contribution is 0.153. The second-order valence-corrected chi connectivity index (χ2v) is 8.56. The molecule has 2 fully saturated rings. The summed E-state index contributed by atoms with van der Waals surface area (Å²) in [5, 5.41) is 5.02. The molecular formula is C21H31N5S. The number of anilines is 1. The van der Waals surface area contributed by atoms with E-state index in [1.807, 2.05) is 0 Å². The largest absolute Gasteiger partial charge is 0.341 e. The number of benzene rings is 1. The van der Waals surface area contributed by atoms with Gasteiger partial charge in [-0.3, -0.25) is 9.47 Å². The van der Waals surface area contributed by atoms with Gasteiger partial charge in [0.15, 0.2) is 0 Å². The molecule has 0 atom stereocenters. The summed E-state index contributed by atoms with van der Waals surface area (Å²) in [6.07, 6.45) is 6.32. The molecule has 1 aromatic carbocycles. The van der Waals surface area contributed by atoms with Crippen LogP contribution in [0.4, 0.5) is 5.95 Å². The molecule has 0 spiro atoms. The van der Waals surface area contributed by atoms with Crippen molar-refractivity contribution in [2.45, 2.75) is 71.2 Å². The second-order valence-electron chi connectivity index (χ2n) is 8.20. The molecule has 5 nitrogen and oxygen atoms in total. The molecule has 27 heavy (non-hydrogen) atoms. The number of nitrogens with zero attached hydrogens (tertiary/aromatic N) is 5. The zero-order valence-corrected chi connectivity index (χ0v) is 17.4. The summed E-state index contributed by atoms with van der Waals surface area (Å²) in [5.41, 5.74) is 1.33. The Balaban J connectivity index is 1.59. The quantitative estimate of drug-likeness (QED) is 0.651. The molecule has 0 N–H and O–H groups in total. The molecule has 146 valence electrons. The van der Waals surface area contributed by atoms with E-state index in [4.69, 9.17) is 17.3 Å². The SMILES string of the molecule is CC(C)N(Cc1ccccc1)Cn1nc(N2CCCCC2)n(C2CC2)c1=S. The van der Waals surface area contributed by atoms with Crippen molar-refractivity contribution in [1.82, 2.24) is 19.2 Å². The van der Waals surface area contributed by atoms with Gasteiger partial charge in [-0.05, 0) is 63.7 Å². The summed E-state index contributed by atoms with van der Waals surface area (Å²) in [4.78, 5) is 4.89. The van der Waals surface area contributed by atoms with Gasteiger partial charge in [0, 0.05) is 31.7 Å². The van der Waals surface area contributed by atoms with Gasteiger partial charge >= 0.3 is 0 Å². The summed E-state index contributed by atoms with van der Waals surface area (Å²) in [6.45, 7) is 8.36. The van der Waals surface area contributed by atoms with Crippen LogP contribution in [0.1, 0.15) is 57.6 Å². The summed E-state index contributed by atoms with van der Waals surface area (Å²) in [7, 11) is 0. The van der Waals surface area contributed by atoms with Gasteiger partial charge < -0.3 is 4.90 Å². The van der Waals surface area contributed by atoms with Crippen molar-refractivity contribution >= 4 is 18.2 Å². The van der Waals surface area contributed by atoms with Crippen molar-refractivity contribution in [1.29, 1.82) is 0 Å². The number of hydrogen-bond donors (Lipinski definition) is 0. The summed E-state index contributed by atoms with van der Waals surface area (Å²) < 4.78 is 5.28. The third-order valence-corrected chi connectivity index (χ3v) is 6.09. The Morgan fingerprint density at radius 1 is 1.11 bits per heavy atom. The molecule has 1 aliphatic heterocycles. The number of hydrogen-bond acceptors (Lipinski definition) is 4. The molecule has 1 saturated carbocycles. The highest BCUT2D eigenvalue weighted by Gasteiger charge is 2.31. The van der Waals surface area contributed by atoms with Crippen LogP contribution < -0.4 is 4.90 Å². The zero-order chi connectivity index (χ0) is 18.8. The van der Waals surface area contributed by atoms with E-state index < -0.39 is 0 Å². The molecule has 2 aliphatic rings. The minimum Gasteiger partial charge on any atom is -0.341 e. The maximum Gasteiger partial charge on any atom is 0.226 e. The van der Waals surface area contributed by atoms with E-state index in [-0.39, 0.29) is 0 Å². The zero-order valence-electron chi connectivity index (χ0n) is 16.5. The van der Waals surface area contributed by atoms with Gasteiger partial charge in [-0.25, -0.2) is 4.68 Å². The maximum absolute atomic E-state index is 5.88. The van der Waals surface area contributed by atoms with Gasteiger partial charge in [0.2, 0.25) is 10.7 Å². The van der Waals surface area contributed by atoms with E-state index >= 15 is 0 Å². The predicted molar refractivity (Wildman–Crippen MR) is 113 cm³/mol. The van der Waals surface area contributed by atoms with E-state index in [1.54, 1.807) is 0 Å². The van der Waals surface area contributed by atoms with Crippen LogP contribution in [0.25, 0.3) is 0 Å². The third kappa shape index (κ3) is 4.27. The fourth-order valence-electron chi connectivity index (χ4n) is 3.85. The summed E-state index contributed by atoms with van der Waals surface area (Å²) in [6, 6.07) is 11.7. The normalized spacial score (nSPS) is 17.9. The summed E-state index contributed by atoms with van der Waals surface area (Å²) >= 11 is 5.88. The Morgan fingerprint density at radius 2 is 1.81 bits per heavy atom. The lowest BCUT2D eigenvalue weighted by Gasteiger charge is -2.27. The van der Waals surface area contributed by atoms with Gasteiger partial charge in [-0.1, -0.05) is 30.3 Å². The van der Waals surface area contributed by atoms with Crippen LogP contribution in [0.2, 0.25) is 0 Å². The van der Waals surface area contributed by atoms with E-state index in [1.165, 1.54) is 37.7 Å². The van der Waals surface area contributed by atoms with Crippen molar-refractivity contribution in [3.63, 3.8) is 0 Å². The standard InChI is InChI=1S/C21H31N5S/c1-17(2)24(15-18-9-5-3-6-10-18)16-25-21(27)26(19-11-12-19)20(22-25)23-13-7-4-8-14-23/h3,5-6,9-10,17,19H,4,7-8,11-16H2,1-2H3. The Hall–Kier alpha value is -1.66. The molecular weight excluding hydrogens is 354 g/mol. The topological polar surface area (TPSA) is 29.2 Å². The first-order valence-corrected chi connectivity index (χ1v) is 10.8. The first-order chi connectivity index (χ1) is 13.1. The van der Waals surface area contributed by atoms with Crippen molar-refractivity contribution in [3.8, 4) is 0 Å². The Bertz CT molecular complexity index is 800. The number of piperidine rings is 1. The van der Waals surface area contributed by atoms with Crippen LogP contribution in [0.3, 0.4) is 0 Å². The number of rotatable bonds is 7. The molecule has 0 radical (unpaired) electrons. The first-order valence-electron chi connectivity index (χ1n) is 10.4. The van der Waals surface area contributed by atoms with Gasteiger partial charge in [-0.2, -0.15) is 0 Å². The van der Waals surface area contributed by atoms with Crippen LogP contribution in [-0.4, -0.2) is 38.4 Å². The average molecular weight is 386 g/mol. The molecule has 1 saturated heterocycles. The Labute approximate surface area is 167 Å². The average Bonchev–Trinajstić information content (AvgIpc) is 3.47. The van der Waals surface area contributed by atoms with Crippen LogP contribution in [0.5, 0.6) is 0 Å². The molecule has 0 bridgehead atoms. The first kappa shape index (κ1) is 18.7. The van der Waals surface area contributed by atoms with Crippen LogP contribution in [0, 0.1) is 4.77 Å². The highest BCUT2D eigenvalue weighted by molar-refractivity contribution is 7.71. The highest BCUT2D eigenvalue weighted by atomic mass is 32.1. The molecule has 6 heteroatoms. The Morgan fingerprint density at radius 3 is 2.44 bits per heavy atom. The lowest BCUT2D eigenvalue weighted by atomic mass is 10.1. The Kier molecular flexibility index (Phi) is 5.64. The lowest BCUT2D eigenvalue weighted by Crippen LogP contribution is -2.33. The van der Waals surface area contributed by atoms with Crippen LogP contribution in [-0.2, 0) is 13.2 Å². The van der Waals surface area contributed by atoms with Gasteiger partial charge in [-0.15, -0.1) is 5.10 Å². The molecule has 1 aliphatic carbocycles. The monoisotopic (exact) mass is 385 g/mol. The van der Waals surface area contributed by atoms with Gasteiger partial charge in [0.05, 0.1) is 6.67 Å². The fraction of sp³-hybridized carbons (Fsp3) is 0.619. The van der Waals surface area contributed by atoms with Crippen LogP contribution in [0.15, 0.2) is 30.3 Å². The van der Waals surface area contributed by atoms with E-state index in [2.05, 4.69) is 63.2 Å². The smallest absolute Gasteiger partial charge is 0.226 e. The van der Waals surface area contributed by atoms with Gasteiger partial charge in [0.25, 0.3) is 0 Å². The maximum atomic E-state index is 5.88. The minimum atomic E-state index is 0.427. The molecule has 1 aromatic heterocycles. The van der Waals surface area contributed by atoms with Crippen molar-refractivity contribution < 1.29 is 0 Å². The molecule has 0 amide bonds. The molecule has 4 rings (SSSR count). The second kappa shape index (κ2) is 8.15. The number of aromatic nitrogens is 3. The van der Waals surface area contributed by atoms with Crippen LogP contribution >= 0.6 is 12.2 Å². The van der Waals surface area contributed by atoms with Crippen molar-refractivity contribution in [2.24, 2.45) is 0 Å². The minimum absolute atomic E-state index is 0.427. The van der Waals surface area contributed by atoms with Gasteiger partial charge in [0.1, 0.15) is 0 Å².